The van der Waals surface area contributed by atoms with Gasteiger partial charge in [0.1, 0.15) is 17.8 Å². The molecule has 3 amide bonds. The minimum atomic E-state index is -1.34. The van der Waals surface area contributed by atoms with Gasteiger partial charge < -0.3 is 32.3 Å². The van der Waals surface area contributed by atoms with E-state index in [1.54, 1.807) is 0 Å². The number of rotatable bonds is 9. The predicted molar refractivity (Wildman–Crippen MR) is 90.8 cm³/mol. The van der Waals surface area contributed by atoms with Gasteiger partial charge in [-0.3, -0.25) is 14.4 Å². The highest BCUT2D eigenvalue weighted by Gasteiger charge is 2.28. The molecule has 1 aromatic rings. The molecular formula is C16H22N4O6. The van der Waals surface area contributed by atoms with Crippen LogP contribution >= 0.6 is 0 Å². The number of phenolic OH excluding ortho intramolecular Hbond substituents is 1. The molecule has 0 heterocycles. The number of hydrogen-bond acceptors (Lipinski definition) is 6. The first-order valence-corrected chi connectivity index (χ1v) is 7.75. The lowest BCUT2D eigenvalue weighted by atomic mass is 10.0. The summed E-state index contributed by atoms with van der Waals surface area (Å²) in [6, 6.07) is 2.21. The van der Waals surface area contributed by atoms with Gasteiger partial charge in [0.2, 0.25) is 17.7 Å². The van der Waals surface area contributed by atoms with Gasteiger partial charge in [-0.05, 0) is 24.6 Å². The number of primary amides is 1. The smallest absolute Gasteiger partial charge is 0.326 e. The number of carbonyl (C=O) groups is 4. The number of amides is 3. The summed E-state index contributed by atoms with van der Waals surface area (Å²) in [6.45, 7) is 1.39. The fraction of sp³-hybridized carbons (Fsp3) is 0.375. The number of aliphatic carboxylic acids is 1. The van der Waals surface area contributed by atoms with Crippen LogP contribution in [0.1, 0.15) is 18.9 Å². The van der Waals surface area contributed by atoms with Crippen molar-refractivity contribution in [3.63, 3.8) is 0 Å². The molecule has 3 atom stereocenters. The number of carboxylic acid groups (broad SMARTS) is 1. The Kier molecular flexibility index (Phi) is 7.53. The molecule has 10 heteroatoms. The van der Waals surface area contributed by atoms with Crippen molar-refractivity contribution in [1.29, 1.82) is 0 Å². The van der Waals surface area contributed by atoms with Crippen LogP contribution in [0.4, 0.5) is 0 Å². The molecule has 0 aliphatic heterocycles. The number of carbonyl (C=O) groups excluding carboxylic acids is 3. The van der Waals surface area contributed by atoms with Gasteiger partial charge in [-0.15, -0.1) is 0 Å². The molecule has 0 saturated carbocycles. The van der Waals surface area contributed by atoms with Gasteiger partial charge in [-0.2, -0.15) is 0 Å². The lowest BCUT2D eigenvalue weighted by Crippen LogP contribution is -2.55. The van der Waals surface area contributed by atoms with Crippen molar-refractivity contribution >= 4 is 23.7 Å². The van der Waals surface area contributed by atoms with Crippen LogP contribution in [0, 0.1) is 0 Å². The normalized spacial score (nSPS) is 13.9. The van der Waals surface area contributed by atoms with Gasteiger partial charge in [0, 0.05) is 6.42 Å². The minimum absolute atomic E-state index is 0.0183. The van der Waals surface area contributed by atoms with Crippen molar-refractivity contribution in [2.24, 2.45) is 11.5 Å². The zero-order chi connectivity index (χ0) is 19.9. The maximum absolute atomic E-state index is 12.3. The van der Waals surface area contributed by atoms with Crippen LogP contribution in [0.5, 0.6) is 5.75 Å². The van der Waals surface area contributed by atoms with Gasteiger partial charge >= 0.3 is 5.97 Å². The number of hydrogen-bond donors (Lipinski definition) is 6. The van der Waals surface area contributed by atoms with Crippen LogP contribution in [0.25, 0.3) is 0 Å². The van der Waals surface area contributed by atoms with E-state index < -0.39 is 48.2 Å². The van der Waals surface area contributed by atoms with Crippen LogP contribution in [-0.4, -0.2) is 52.0 Å². The average Bonchev–Trinajstić information content (AvgIpc) is 2.54. The van der Waals surface area contributed by atoms with Crippen molar-refractivity contribution in [3.05, 3.63) is 29.8 Å². The molecule has 0 aliphatic rings. The Bertz CT molecular complexity index is 674. The van der Waals surface area contributed by atoms with Gasteiger partial charge in [-0.25, -0.2) is 4.79 Å². The van der Waals surface area contributed by atoms with E-state index in [4.69, 9.17) is 11.5 Å². The van der Waals surface area contributed by atoms with Crippen LogP contribution in [0.15, 0.2) is 24.3 Å². The zero-order valence-corrected chi connectivity index (χ0v) is 14.1. The molecule has 142 valence electrons. The largest absolute Gasteiger partial charge is 0.508 e. The number of benzene rings is 1. The van der Waals surface area contributed by atoms with Crippen molar-refractivity contribution in [1.82, 2.24) is 10.6 Å². The van der Waals surface area contributed by atoms with E-state index in [0.29, 0.717) is 5.56 Å². The average molecular weight is 366 g/mol. The van der Waals surface area contributed by atoms with Crippen LogP contribution in [0.3, 0.4) is 0 Å². The van der Waals surface area contributed by atoms with Crippen LogP contribution in [0.2, 0.25) is 0 Å². The maximum atomic E-state index is 12.3. The lowest BCUT2D eigenvalue weighted by Gasteiger charge is -2.21. The van der Waals surface area contributed by atoms with Crippen molar-refractivity contribution in [3.8, 4) is 5.75 Å². The quantitative estimate of drug-likeness (QED) is 0.298. The maximum Gasteiger partial charge on any atom is 0.326 e. The van der Waals surface area contributed by atoms with Crippen molar-refractivity contribution in [2.45, 2.75) is 37.9 Å². The fourth-order valence-electron chi connectivity index (χ4n) is 2.05. The molecule has 10 nitrogen and oxygen atoms in total. The number of nitrogens with two attached hydrogens (primary N) is 2. The second-order valence-corrected chi connectivity index (χ2v) is 5.79. The Hall–Kier alpha value is -3.14. The highest BCUT2D eigenvalue weighted by atomic mass is 16.4. The molecule has 0 saturated heterocycles. The Morgan fingerprint density at radius 3 is 2.04 bits per heavy atom. The monoisotopic (exact) mass is 366 g/mol. The summed E-state index contributed by atoms with van der Waals surface area (Å²) in [6.07, 6.45) is -0.568. The predicted octanol–water partition coefficient (Wildman–Crippen LogP) is -1.79. The third-order valence-electron chi connectivity index (χ3n) is 3.44. The van der Waals surface area contributed by atoms with Crippen LogP contribution in [-0.2, 0) is 25.6 Å². The van der Waals surface area contributed by atoms with Gasteiger partial charge in [0.15, 0.2) is 0 Å². The molecular weight excluding hydrogens is 344 g/mol. The standard InChI is InChI=1S/C16H22N4O6/c1-8(17)14(23)19-11(7-13(18)22)15(24)20-12(16(25)26)6-9-2-4-10(21)5-3-9/h2-5,8,11-12,21H,6-7,17H2,1H3,(H2,18,22)(H,19,23)(H,20,24)(H,25,26). The number of phenols is 1. The Morgan fingerprint density at radius 2 is 1.58 bits per heavy atom. The molecule has 8 N–H and O–H groups in total. The molecule has 1 aromatic carbocycles. The minimum Gasteiger partial charge on any atom is -0.508 e. The molecule has 0 fully saturated rings. The highest BCUT2D eigenvalue weighted by Crippen LogP contribution is 2.11. The van der Waals surface area contributed by atoms with E-state index >= 15 is 0 Å². The second kappa shape index (κ2) is 9.37. The van der Waals surface area contributed by atoms with Crippen molar-refractivity contribution < 1.29 is 29.4 Å². The first kappa shape index (κ1) is 20.9. The topological polar surface area (TPSA) is 185 Å². The SMILES string of the molecule is CC(N)C(=O)NC(CC(N)=O)C(=O)NC(Cc1ccc(O)cc1)C(=O)O. The Balaban J connectivity index is 2.86. The molecule has 3 unspecified atom stereocenters. The molecule has 0 aromatic heterocycles. The third kappa shape index (κ3) is 6.77. The van der Waals surface area contributed by atoms with Crippen molar-refractivity contribution in [2.75, 3.05) is 0 Å². The molecule has 1 rings (SSSR count). The summed E-state index contributed by atoms with van der Waals surface area (Å²) in [5, 5.41) is 23.1. The first-order chi connectivity index (χ1) is 12.1. The number of nitrogens with one attached hydrogen (secondary N) is 2. The van der Waals surface area contributed by atoms with Gasteiger partial charge in [0.25, 0.3) is 0 Å². The number of carboxylic acids is 1. The summed E-state index contributed by atoms with van der Waals surface area (Å²) < 4.78 is 0. The lowest BCUT2D eigenvalue weighted by molar-refractivity contribution is -0.142. The van der Waals surface area contributed by atoms with E-state index in [-0.39, 0.29) is 12.2 Å². The van der Waals surface area contributed by atoms with E-state index in [1.807, 2.05) is 0 Å². The molecule has 0 spiro atoms. The first-order valence-electron chi connectivity index (χ1n) is 7.75. The van der Waals surface area contributed by atoms with Gasteiger partial charge in [0.05, 0.1) is 12.5 Å². The Labute approximate surface area is 149 Å². The molecule has 0 bridgehead atoms. The van der Waals surface area contributed by atoms with E-state index in [1.165, 1.54) is 31.2 Å². The van der Waals surface area contributed by atoms with E-state index in [2.05, 4.69) is 10.6 Å². The summed E-state index contributed by atoms with van der Waals surface area (Å²) in [5.41, 5.74) is 11.0. The summed E-state index contributed by atoms with van der Waals surface area (Å²) >= 11 is 0. The van der Waals surface area contributed by atoms with Crippen LogP contribution < -0.4 is 22.1 Å². The zero-order valence-electron chi connectivity index (χ0n) is 14.1. The summed E-state index contributed by atoms with van der Waals surface area (Å²) in [5.74, 6) is -3.69. The fourth-order valence-corrected chi connectivity index (χ4v) is 2.05. The highest BCUT2D eigenvalue weighted by molar-refractivity contribution is 5.94. The molecule has 0 radical (unpaired) electrons. The summed E-state index contributed by atoms with van der Waals surface area (Å²) in [4.78, 5) is 46.5. The molecule has 26 heavy (non-hydrogen) atoms. The number of aromatic hydroxyl groups is 1. The van der Waals surface area contributed by atoms with E-state index in [0.717, 1.165) is 0 Å². The molecule has 0 aliphatic carbocycles. The van der Waals surface area contributed by atoms with Gasteiger partial charge in [-0.1, -0.05) is 12.1 Å². The summed E-state index contributed by atoms with van der Waals surface area (Å²) in [7, 11) is 0. The Morgan fingerprint density at radius 1 is 1.04 bits per heavy atom. The third-order valence-corrected chi connectivity index (χ3v) is 3.44. The van der Waals surface area contributed by atoms with E-state index in [9.17, 15) is 29.4 Å². The second-order valence-electron chi connectivity index (χ2n) is 5.79.